The Balaban J connectivity index is 2.18. The van der Waals surface area contributed by atoms with Gasteiger partial charge in [0, 0.05) is 17.0 Å². The second kappa shape index (κ2) is 6.48. The summed E-state index contributed by atoms with van der Waals surface area (Å²) in [4.78, 5) is 13.9. The van der Waals surface area contributed by atoms with Gasteiger partial charge in [0.05, 0.1) is 15.5 Å². The molecule has 0 amide bonds. The lowest BCUT2D eigenvalue weighted by Crippen LogP contribution is -2.22. The van der Waals surface area contributed by atoms with Gasteiger partial charge in [0.1, 0.15) is 0 Å². The van der Waals surface area contributed by atoms with Gasteiger partial charge in [-0.3, -0.25) is 11.3 Å². The minimum atomic E-state index is -0.876. The Morgan fingerprint density at radius 2 is 2.21 bits per heavy atom. The van der Waals surface area contributed by atoms with Crippen molar-refractivity contribution in [3.8, 4) is 10.4 Å². The molecule has 0 radical (unpaired) electrons. The van der Waals surface area contributed by atoms with Gasteiger partial charge in [0.25, 0.3) is 0 Å². The van der Waals surface area contributed by atoms with E-state index in [0.29, 0.717) is 17.1 Å². The second-order valence-corrected chi connectivity index (χ2v) is 8.50. The fourth-order valence-corrected chi connectivity index (χ4v) is 5.02. The molecule has 4 nitrogen and oxygen atoms in total. The molecule has 1 aromatic carbocycles. The lowest BCUT2D eigenvalue weighted by atomic mass is 9.76. The minimum Gasteiger partial charge on any atom is -0.478 e. The topological polar surface area (TPSA) is 75.3 Å². The summed E-state index contributed by atoms with van der Waals surface area (Å²) in [6.45, 7) is 4.83. The number of carboxylic acid groups (broad SMARTS) is 1. The van der Waals surface area contributed by atoms with Crippen molar-refractivity contribution < 1.29 is 9.90 Å². The third kappa shape index (κ3) is 3.09. The number of carbonyl (C=O) groups is 1. The van der Waals surface area contributed by atoms with E-state index in [4.69, 9.17) is 17.4 Å². The number of rotatable bonds is 4. The molecule has 0 unspecified atom stereocenters. The van der Waals surface area contributed by atoms with Crippen molar-refractivity contribution in [2.24, 2.45) is 11.3 Å². The van der Waals surface area contributed by atoms with Gasteiger partial charge < -0.3 is 5.11 Å². The van der Waals surface area contributed by atoms with Crippen LogP contribution in [0.2, 0.25) is 5.02 Å². The quantitative estimate of drug-likeness (QED) is 0.560. The molecule has 0 atom stereocenters. The summed E-state index contributed by atoms with van der Waals surface area (Å²) in [5, 5.41) is 10.4. The standard InChI is InChI=1S/C18H21ClN2O2S/c1-18(2)7-6-13-12(8-18)14(17(22)23)16(24-13)11-5-3-4-10(9-21-20)15(11)19/h3-5,21H,6-9,20H2,1-2H3,(H,22,23). The number of hydrazine groups is 1. The lowest BCUT2D eigenvalue weighted by Gasteiger charge is -2.29. The van der Waals surface area contributed by atoms with Crippen LogP contribution >= 0.6 is 22.9 Å². The number of hydrogen-bond acceptors (Lipinski definition) is 4. The molecule has 128 valence electrons. The Kier molecular flexibility index (Phi) is 4.71. The second-order valence-electron chi connectivity index (χ2n) is 7.01. The number of hydrogen-bond donors (Lipinski definition) is 3. The Morgan fingerprint density at radius 1 is 1.46 bits per heavy atom. The summed E-state index contributed by atoms with van der Waals surface area (Å²) in [6.07, 6.45) is 2.79. The first kappa shape index (κ1) is 17.4. The highest BCUT2D eigenvalue weighted by Crippen LogP contribution is 2.46. The van der Waals surface area contributed by atoms with Crippen LogP contribution in [0.4, 0.5) is 0 Å². The van der Waals surface area contributed by atoms with E-state index in [1.54, 1.807) is 11.3 Å². The van der Waals surface area contributed by atoms with E-state index in [0.717, 1.165) is 40.8 Å². The Bertz CT molecular complexity index is 799. The zero-order valence-electron chi connectivity index (χ0n) is 13.8. The number of thiophene rings is 1. The van der Waals surface area contributed by atoms with Crippen LogP contribution in [0.1, 0.15) is 46.6 Å². The van der Waals surface area contributed by atoms with Crippen LogP contribution < -0.4 is 11.3 Å². The summed E-state index contributed by atoms with van der Waals surface area (Å²) in [5.41, 5.74) is 5.77. The van der Waals surface area contributed by atoms with E-state index in [1.165, 1.54) is 4.88 Å². The van der Waals surface area contributed by atoms with Gasteiger partial charge >= 0.3 is 5.97 Å². The molecular formula is C18H21ClN2O2S. The predicted octanol–water partition coefficient (Wildman–Crippen LogP) is 4.24. The van der Waals surface area contributed by atoms with Crippen LogP contribution in [0.25, 0.3) is 10.4 Å². The summed E-state index contributed by atoms with van der Waals surface area (Å²) in [5.74, 6) is 4.53. The molecule has 3 rings (SSSR count). The Hall–Kier alpha value is -1.40. The first-order valence-electron chi connectivity index (χ1n) is 7.93. The van der Waals surface area contributed by atoms with Crippen molar-refractivity contribution in [2.75, 3.05) is 0 Å². The fraction of sp³-hybridized carbons (Fsp3) is 0.389. The maximum Gasteiger partial charge on any atom is 0.337 e. The number of aromatic carboxylic acids is 1. The molecule has 2 aromatic rings. The molecule has 1 heterocycles. The molecular weight excluding hydrogens is 344 g/mol. The van der Waals surface area contributed by atoms with E-state index in [-0.39, 0.29) is 5.41 Å². The van der Waals surface area contributed by atoms with E-state index in [9.17, 15) is 9.90 Å². The van der Waals surface area contributed by atoms with Crippen molar-refractivity contribution in [1.82, 2.24) is 5.43 Å². The molecule has 6 heteroatoms. The summed E-state index contributed by atoms with van der Waals surface area (Å²) in [6, 6.07) is 5.67. The molecule has 0 aliphatic heterocycles. The van der Waals surface area contributed by atoms with Gasteiger partial charge in [0.15, 0.2) is 0 Å². The van der Waals surface area contributed by atoms with Crippen LogP contribution in [0, 0.1) is 5.41 Å². The van der Waals surface area contributed by atoms with Gasteiger partial charge in [-0.15, -0.1) is 11.3 Å². The molecule has 0 fully saturated rings. The highest BCUT2D eigenvalue weighted by Gasteiger charge is 2.33. The summed E-state index contributed by atoms with van der Waals surface area (Å²) < 4.78 is 0. The molecule has 4 N–H and O–H groups in total. The normalized spacial score (nSPS) is 16.0. The molecule has 24 heavy (non-hydrogen) atoms. The van der Waals surface area contributed by atoms with E-state index in [1.807, 2.05) is 18.2 Å². The van der Waals surface area contributed by atoms with Crippen LogP contribution in [0.15, 0.2) is 18.2 Å². The monoisotopic (exact) mass is 364 g/mol. The third-order valence-corrected chi connectivity index (χ3v) is 6.38. The van der Waals surface area contributed by atoms with E-state index in [2.05, 4.69) is 19.3 Å². The molecule has 1 aliphatic rings. The molecule has 1 aliphatic carbocycles. The first-order valence-corrected chi connectivity index (χ1v) is 9.12. The predicted molar refractivity (Wildman–Crippen MR) is 98.6 cm³/mol. The third-order valence-electron chi connectivity index (χ3n) is 4.60. The summed E-state index contributed by atoms with van der Waals surface area (Å²) >= 11 is 8.10. The lowest BCUT2D eigenvalue weighted by molar-refractivity contribution is 0.0696. The van der Waals surface area contributed by atoms with Gasteiger partial charge in [0.2, 0.25) is 0 Å². The van der Waals surface area contributed by atoms with Crippen LogP contribution in [0.3, 0.4) is 0 Å². The van der Waals surface area contributed by atoms with Crippen molar-refractivity contribution in [1.29, 1.82) is 0 Å². The minimum absolute atomic E-state index is 0.130. The largest absolute Gasteiger partial charge is 0.478 e. The molecule has 0 bridgehead atoms. The van der Waals surface area contributed by atoms with E-state index < -0.39 is 5.97 Å². The average molecular weight is 365 g/mol. The number of nitrogens with one attached hydrogen (secondary N) is 1. The Labute approximate surface area is 150 Å². The molecule has 0 saturated heterocycles. The summed E-state index contributed by atoms with van der Waals surface area (Å²) in [7, 11) is 0. The van der Waals surface area contributed by atoms with Crippen molar-refractivity contribution >= 4 is 28.9 Å². The SMILES string of the molecule is CC1(C)CCc2sc(-c3cccc(CNN)c3Cl)c(C(=O)O)c2C1. The number of carboxylic acids is 1. The number of benzene rings is 1. The van der Waals surface area contributed by atoms with Gasteiger partial charge in [-0.25, -0.2) is 4.79 Å². The van der Waals surface area contributed by atoms with Gasteiger partial charge in [-0.05, 0) is 35.8 Å². The number of halogens is 1. The highest BCUT2D eigenvalue weighted by atomic mass is 35.5. The van der Waals surface area contributed by atoms with Crippen molar-refractivity contribution in [3.05, 3.63) is 44.8 Å². The van der Waals surface area contributed by atoms with Crippen molar-refractivity contribution in [3.63, 3.8) is 0 Å². The van der Waals surface area contributed by atoms with Gasteiger partial charge in [-0.1, -0.05) is 43.6 Å². The van der Waals surface area contributed by atoms with Crippen LogP contribution in [-0.2, 0) is 19.4 Å². The molecule has 0 spiro atoms. The molecule has 0 saturated carbocycles. The number of fused-ring (bicyclic) bond motifs is 1. The van der Waals surface area contributed by atoms with Crippen LogP contribution in [0.5, 0.6) is 0 Å². The first-order chi connectivity index (χ1) is 11.3. The van der Waals surface area contributed by atoms with Crippen molar-refractivity contribution in [2.45, 2.75) is 39.7 Å². The number of aryl methyl sites for hydroxylation is 1. The average Bonchev–Trinajstić information content (AvgIpc) is 2.86. The highest BCUT2D eigenvalue weighted by molar-refractivity contribution is 7.16. The Morgan fingerprint density at radius 3 is 2.88 bits per heavy atom. The van der Waals surface area contributed by atoms with Gasteiger partial charge in [-0.2, -0.15) is 0 Å². The van der Waals surface area contributed by atoms with Crippen LogP contribution in [-0.4, -0.2) is 11.1 Å². The maximum atomic E-state index is 12.0. The molecule has 1 aromatic heterocycles. The zero-order chi connectivity index (χ0) is 17.5. The fourth-order valence-electron chi connectivity index (χ4n) is 3.34. The number of nitrogens with two attached hydrogens (primary N) is 1. The smallest absolute Gasteiger partial charge is 0.337 e. The van der Waals surface area contributed by atoms with E-state index >= 15 is 0 Å². The zero-order valence-corrected chi connectivity index (χ0v) is 15.4. The maximum absolute atomic E-state index is 12.0.